The fourth-order valence-corrected chi connectivity index (χ4v) is 1.64. The lowest BCUT2D eigenvalue weighted by Crippen LogP contribution is -2.30. The number of hydrogen-bond acceptors (Lipinski definition) is 2. The van der Waals surface area contributed by atoms with Crippen LogP contribution in [0.2, 0.25) is 0 Å². The van der Waals surface area contributed by atoms with E-state index in [4.69, 9.17) is 0 Å². The third kappa shape index (κ3) is 2.56. The van der Waals surface area contributed by atoms with Gasteiger partial charge in [0.1, 0.15) is 0 Å². The standard InChI is InChI=1S/C12H18N2/c1-13-12(9-14-11-7-8-11)10-5-3-2-4-6-10/h2-6,11-14H,7-9H2,1H3. The summed E-state index contributed by atoms with van der Waals surface area (Å²) in [6.45, 7) is 1.03. The Bertz CT molecular complexity index is 267. The largest absolute Gasteiger partial charge is 0.312 e. The molecular formula is C12H18N2. The predicted octanol–water partition coefficient (Wildman–Crippen LogP) is 1.70. The first-order valence-electron chi connectivity index (χ1n) is 5.36. The van der Waals surface area contributed by atoms with Crippen molar-refractivity contribution >= 4 is 0 Å². The minimum Gasteiger partial charge on any atom is -0.312 e. The summed E-state index contributed by atoms with van der Waals surface area (Å²) in [6.07, 6.45) is 2.70. The van der Waals surface area contributed by atoms with E-state index in [9.17, 15) is 0 Å². The first-order valence-corrected chi connectivity index (χ1v) is 5.36. The van der Waals surface area contributed by atoms with Gasteiger partial charge in [0.05, 0.1) is 0 Å². The maximum Gasteiger partial charge on any atom is 0.0444 e. The van der Waals surface area contributed by atoms with E-state index in [0.717, 1.165) is 12.6 Å². The molecule has 0 aliphatic heterocycles. The zero-order valence-electron chi connectivity index (χ0n) is 8.66. The van der Waals surface area contributed by atoms with Gasteiger partial charge < -0.3 is 10.6 Å². The number of likely N-dealkylation sites (N-methyl/N-ethyl adjacent to an activating group) is 1. The molecule has 14 heavy (non-hydrogen) atoms. The smallest absolute Gasteiger partial charge is 0.0444 e. The molecule has 2 heteroatoms. The van der Waals surface area contributed by atoms with Crippen molar-refractivity contribution in [1.82, 2.24) is 10.6 Å². The Balaban J connectivity index is 1.90. The summed E-state index contributed by atoms with van der Waals surface area (Å²) in [5.41, 5.74) is 1.36. The number of nitrogens with one attached hydrogen (secondary N) is 2. The number of benzene rings is 1. The molecule has 1 unspecified atom stereocenters. The number of rotatable bonds is 5. The lowest BCUT2D eigenvalue weighted by molar-refractivity contribution is 0.526. The van der Waals surface area contributed by atoms with E-state index in [1.165, 1.54) is 18.4 Å². The highest BCUT2D eigenvalue weighted by atomic mass is 15.0. The third-order valence-corrected chi connectivity index (χ3v) is 2.74. The van der Waals surface area contributed by atoms with Gasteiger partial charge in [-0.05, 0) is 25.5 Å². The Morgan fingerprint density at radius 2 is 2.00 bits per heavy atom. The fourth-order valence-electron chi connectivity index (χ4n) is 1.64. The van der Waals surface area contributed by atoms with Crippen LogP contribution in [-0.4, -0.2) is 19.6 Å². The summed E-state index contributed by atoms with van der Waals surface area (Å²) in [5.74, 6) is 0. The van der Waals surface area contributed by atoms with Crippen LogP contribution in [0.5, 0.6) is 0 Å². The average molecular weight is 190 g/mol. The highest BCUT2D eigenvalue weighted by molar-refractivity contribution is 5.19. The van der Waals surface area contributed by atoms with Crippen molar-refractivity contribution in [2.24, 2.45) is 0 Å². The molecule has 2 rings (SSSR count). The highest BCUT2D eigenvalue weighted by Crippen LogP contribution is 2.20. The average Bonchev–Trinajstić information content (AvgIpc) is 3.04. The van der Waals surface area contributed by atoms with Crippen LogP contribution in [0.15, 0.2) is 30.3 Å². The van der Waals surface area contributed by atoms with Crippen LogP contribution in [0.25, 0.3) is 0 Å². The van der Waals surface area contributed by atoms with Gasteiger partial charge in [-0.2, -0.15) is 0 Å². The van der Waals surface area contributed by atoms with E-state index in [2.05, 4.69) is 41.0 Å². The molecule has 0 radical (unpaired) electrons. The van der Waals surface area contributed by atoms with Crippen LogP contribution in [0.1, 0.15) is 24.4 Å². The van der Waals surface area contributed by atoms with Crippen molar-refractivity contribution in [1.29, 1.82) is 0 Å². The van der Waals surface area contributed by atoms with Crippen molar-refractivity contribution in [2.75, 3.05) is 13.6 Å². The Morgan fingerprint density at radius 1 is 1.29 bits per heavy atom. The summed E-state index contributed by atoms with van der Waals surface area (Å²) in [4.78, 5) is 0. The summed E-state index contributed by atoms with van der Waals surface area (Å²) < 4.78 is 0. The molecule has 2 nitrogen and oxygen atoms in total. The van der Waals surface area contributed by atoms with E-state index in [1.807, 2.05) is 7.05 Å². The second-order valence-electron chi connectivity index (χ2n) is 3.93. The van der Waals surface area contributed by atoms with E-state index in [0.29, 0.717) is 6.04 Å². The van der Waals surface area contributed by atoms with Gasteiger partial charge in [0.2, 0.25) is 0 Å². The topological polar surface area (TPSA) is 24.1 Å². The van der Waals surface area contributed by atoms with Crippen molar-refractivity contribution in [3.05, 3.63) is 35.9 Å². The molecule has 1 aliphatic rings. The van der Waals surface area contributed by atoms with Crippen LogP contribution in [-0.2, 0) is 0 Å². The van der Waals surface area contributed by atoms with Crippen LogP contribution >= 0.6 is 0 Å². The third-order valence-electron chi connectivity index (χ3n) is 2.74. The minimum absolute atomic E-state index is 0.441. The van der Waals surface area contributed by atoms with E-state index in [-0.39, 0.29) is 0 Å². The molecule has 2 N–H and O–H groups in total. The van der Waals surface area contributed by atoms with Gasteiger partial charge in [-0.15, -0.1) is 0 Å². The Labute approximate surface area is 85.7 Å². The van der Waals surface area contributed by atoms with Gasteiger partial charge >= 0.3 is 0 Å². The molecule has 0 heterocycles. The summed E-state index contributed by atoms with van der Waals surface area (Å²) in [5, 5.41) is 6.88. The molecule has 76 valence electrons. The van der Waals surface area contributed by atoms with Gasteiger partial charge in [-0.1, -0.05) is 30.3 Å². The van der Waals surface area contributed by atoms with Crippen molar-refractivity contribution in [3.8, 4) is 0 Å². The predicted molar refractivity (Wildman–Crippen MR) is 59.3 cm³/mol. The quantitative estimate of drug-likeness (QED) is 0.738. The SMILES string of the molecule is CNC(CNC1CC1)c1ccccc1. The summed E-state index contributed by atoms with van der Waals surface area (Å²) >= 11 is 0. The first-order chi connectivity index (χ1) is 6.90. The van der Waals surface area contributed by atoms with Gasteiger partial charge in [0, 0.05) is 18.6 Å². The second-order valence-corrected chi connectivity index (χ2v) is 3.93. The lowest BCUT2D eigenvalue weighted by Gasteiger charge is -2.17. The van der Waals surface area contributed by atoms with Gasteiger partial charge in [0.15, 0.2) is 0 Å². The molecule has 1 aromatic rings. The maximum absolute atomic E-state index is 3.54. The molecule has 0 aromatic heterocycles. The molecule has 0 amide bonds. The highest BCUT2D eigenvalue weighted by Gasteiger charge is 2.21. The van der Waals surface area contributed by atoms with E-state index < -0.39 is 0 Å². The molecule has 1 atom stereocenters. The van der Waals surface area contributed by atoms with Crippen molar-refractivity contribution < 1.29 is 0 Å². The monoisotopic (exact) mass is 190 g/mol. The Kier molecular flexibility index (Phi) is 3.17. The van der Waals surface area contributed by atoms with Crippen LogP contribution in [0.4, 0.5) is 0 Å². The van der Waals surface area contributed by atoms with Crippen LogP contribution in [0.3, 0.4) is 0 Å². The molecular weight excluding hydrogens is 172 g/mol. The molecule has 0 spiro atoms. The molecule has 1 saturated carbocycles. The van der Waals surface area contributed by atoms with E-state index in [1.54, 1.807) is 0 Å². The zero-order valence-corrected chi connectivity index (χ0v) is 8.66. The normalized spacial score (nSPS) is 18.1. The Morgan fingerprint density at radius 3 is 2.57 bits per heavy atom. The van der Waals surface area contributed by atoms with Crippen molar-refractivity contribution in [3.63, 3.8) is 0 Å². The summed E-state index contributed by atoms with van der Waals surface area (Å²) in [6, 6.07) is 11.8. The number of hydrogen-bond donors (Lipinski definition) is 2. The van der Waals surface area contributed by atoms with Crippen molar-refractivity contribution in [2.45, 2.75) is 24.9 Å². The molecule has 1 aliphatic carbocycles. The molecule has 0 bridgehead atoms. The molecule has 1 fully saturated rings. The van der Waals surface area contributed by atoms with Crippen LogP contribution < -0.4 is 10.6 Å². The van der Waals surface area contributed by atoms with E-state index >= 15 is 0 Å². The first kappa shape index (κ1) is 9.69. The molecule has 0 saturated heterocycles. The zero-order chi connectivity index (χ0) is 9.80. The lowest BCUT2D eigenvalue weighted by atomic mass is 10.1. The maximum atomic E-state index is 3.54. The summed E-state index contributed by atoms with van der Waals surface area (Å²) in [7, 11) is 2.02. The van der Waals surface area contributed by atoms with Gasteiger partial charge in [-0.3, -0.25) is 0 Å². The minimum atomic E-state index is 0.441. The van der Waals surface area contributed by atoms with Crippen LogP contribution in [0, 0.1) is 0 Å². The second kappa shape index (κ2) is 4.58. The molecule has 1 aromatic carbocycles. The van der Waals surface area contributed by atoms with Gasteiger partial charge in [-0.25, -0.2) is 0 Å². The Hall–Kier alpha value is -0.860. The van der Waals surface area contributed by atoms with Gasteiger partial charge in [0.25, 0.3) is 0 Å². The fraction of sp³-hybridized carbons (Fsp3) is 0.500.